The predicted molar refractivity (Wildman–Crippen MR) is 273 cm³/mol. The zero-order valence-corrected chi connectivity index (χ0v) is 43.3. The zero-order valence-electron chi connectivity index (χ0n) is 30.8. The van der Waals surface area contributed by atoms with Gasteiger partial charge in [-0.1, -0.05) is 155 Å². The molecule has 62 heavy (non-hydrogen) atoms. The van der Waals surface area contributed by atoms with E-state index in [9.17, 15) is 19.8 Å². The number of ether oxygens (including phenoxy) is 2. The first kappa shape index (κ1) is 50.3. The Morgan fingerprint density at radius 3 is 1.26 bits per heavy atom. The molecule has 6 aromatic carbocycles. The molecule has 0 aliphatic heterocycles. The monoisotopic (exact) mass is 1240 g/mol. The Morgan fingerprint density at radius 1 is 0.500 bits per heavy atom. The molecule has 320 valence electrons. The van der Waals surface area contributed by atoms with Crippen molar-refractivity contribution in [1.82, 2.24) is 0 Å². The number of thiocarbonyl (C=S) groups is 2. The van der Waals surface area contributed by atoms with Gasteiger partial charge in [-0.25, -0.2) is 9.59 Å². The Kier molecular flexibility index (Phi) is 18.6. The second-order valence-electron chi connectivity index (χ2n) is 12.4. The highest BCUT2D eigenvalue weighted by atomic mass is 79.9. The van der Waals surface area contributed by atoms with Crippen molar-refractivity contribution in [3.05, 3.63) is 178 Å². The van der Waals surface area contributed by atoms with Crippen molar-refractivity contribution in [3.8, 4) is 11.5 Å². The van der Waals surface area contributed by atoms with Gasteiger partial charge in [0, 0.05) is 40.4 Å². The normalized spacial score (nSPS) is 10.6. The minimum atomic E-state index is -1.35. The Labute approximate surface area is 429 Å². The Hall–Kier alpha value is -2.70. The van der Waals surface area contributed by atoms with Gasteiger partial charge in [0.1, 0.15) is 34.7 Å². The lowest BCUT2D eigenvalue weighted by Gasteiger charge is -2.17. The molecule has 0 unspecified atom stereocenters. The third-order valence-electron chi connectivity index (χ3n) is 8.27. The highest BCUT2D eigenvalue weighted by molar-refractivity contribution is 9.15. The van der Waals surface area contributed by atoms with E-state index in [2.05, 4.69) is 74.4 Å². The molecule has 0 fully saturated rings. The molecule has 0 aliphatic carbocycles. The van der Waals surface area contributed by atoms with Crippen molar-refractivity contribution >= 4 is 191 Å². The minimum Gasteiger partial charge on any atom is -0.487 e. The summed E-state index contributed by atoms with van der Waals surface area (Å²) in [4.78, 5) is 23.8. The van der Waals surface area contributed by atoms with Crippen molar-refractivity contribution in [2.45, 2.75) is 13.2 Å². The maximum Gasteiger partial charge on any atom is 0.338 e. The molecule has 0 amide bonds. The maximum atomic E-state index is 11.9. The largest absolute Gasteiger partial charge is 0.487 e. The van der Waals surface area contributed by atoms with Crippen LogP contribution in [0.3, 0.4) is 0 Å². The highest BCUT2D eigenvalue weighted by Gasteiger charge is 2.28. The number of carbonyl (C=O) groups is 2. The van der Waals surface area contributed by atoms with E-state index in [0.29, 0.717) is 69.6 Å². The first-order valence-electron chi connectivity index (χ1n) is 17.1. The minimum absolute atomic E-state index is 0.0168. The maximum absolute atomic E-state index is 11.9. The Bertz CT molecular complexity index is 2540. The lowest BCUT2D eigenvalue weighted by atomic mass is 10.1. The molecule has 0 spiro atoms. The summed E-state index contributed by atoms with van der Waals surface area (Å²) in [6, 6.07) is 29.5. The van der Waals surface area contributed by atoms with Gasteiger partial charge in [0.15, 0.2) is 0 Å². The quantitative estimate of drug-likeness (QED) is 0.0536. The van der Waals surface area contributed by atoms with E-state index in [1.807, 2.05) is 60.7 Å². The lowest BCUT2D eigenvalue weighted by molar-refractivity contribution is 0.0685. The summed E-state index contributed by atoms with van der Waals surface area (Å²) >= 11 is 61.5. The molecule has 0 bridgehead atoms. The van der Waals surface area contributed by atoms with Crippen LogP contribution in [-0.4, -0.2) is 32.1 Å². The number of carboxylic acids is 2. The fourth-order valence-corrected chi connectivity index (χ4v) is 10.2. The van der Waals surface area contributed by atoms with Gasteiger partial charge < -0.3 is 30.3 Å². The molecule has 0 heterocycles. The van der Waals surface area contributed by atoms with Crippen LogP contribution in [0.5, 0.6) is 11.5 Å². The molecule has 8 nitrogen and oxygen atoms in total. The number of carboxylic acid groups (broad SMARTS) is 2. The fraction of sp³-hybridized carbons (Fsp3) is 0.0476. The van der Waals surface area contributed by atoms with Crippen molar-refractivity contribution in [1.29, 1.82) is 0 Å². The topological polar surface area (TPSA) is 117 Å². The van der Waals surface area contributed by atoms with Gasteiger partial charge in [-0.15, -0.1) is 0 Å². The van der Waals surface area contributed by atoms with E-state index in [0.717, 1.165) is 11.1 Å². The molecule has 6 aromatic rings. The van der Waals surface area contributed by atoms with Crippen LogP contribution in [0.25, 0.3) is 0 Å². The molecule has 6 rings (SSSR count). The lowest BCUT2D eigenvalue weighted by Crippen LogP contribution is -2.17. The summed E-state index contributed by atoms with van der Waals surface area (Å²) in [5.74, 6) is -1.47. The predicted octanol–water partition coefficient (Wildman–Crippen LogP) is 16.5. The first-order chi connectivity index (χ1) is 29.4. The van der Waals surface area contributed by atoms with Crippen LogP contribution in [0, 0.1) is 0 Å². The number of halogens is 10. The smallest absolute Gasteiger partial charge is 0.338 e. The van der Waals surface area contributed by atoms with Gasteiger partial charge in [0.05, 0.1) is 41.3 Å². The standard InChI is InChI=1S/C21H12Br4ClNO3S.C21H12Cl5NO3S/c22-16-14(15(21(28)29)17(23)19(25)18(16)24)20(31)27-11-6-7-13(12(26)8-11)30-9-10-4-2-1-3-5-10;22-12-8-11(6-7-13(12)30-9-10-4-2-1-3-5-10)27-20(31)14-15(21(28)29)17(24)19(26)18(25)16(14)23/h2*1-8H,9H2,(H,27,31)(H,28,29). The van der Waals surface area contributed by atoms with Crippen molar-refractivity contribution < 1.29 is 29.3 Å². The number of benzene rings is 6. The molecule has 0 aliphatic rings. The zero-order chi connectivity index (χ0) is 45.4. The van der Waals surface area contributed by atoms with E-state index in [-0.39, 0.29) is 46.8 Å². The SMILES string of the molecule is O=C(O)c1c(Br)c(Br)c(Br)c(Br)c1C(=S)Nc1ccc(OCc2ccccc2)c(Cl)c1.O=C(O)c1c(Cl)c(Cl)c(Cl)c(Cl)c1C(=S)Nc1ccc(OCc2ccccc2)c(Cl)c1. The van der Waals surface area contributed by atoms with Gasteiger partial charge in [-0.05, 0) is 111 Å². The first-order valence-corrected chi connectivity index (χ1v) is 23.4. The molecule has 0 atom stereocenters. The summed E-state index contributed by atoms with van der Waals surface area (Å²) < 4.78 is 13.6. The van der Waals surface area contributed by atoms with Gasteiger partial charge >= 0.3 is 11.9 Å². The summed E-state index contributed by atoms with van der Waals surface area (Å²) in [6.07, 6.45) is 0. The second kappa shape index (κ2) is 23.0. The molecule has 20 heteroatoms. The number of hydrogen-bond donors (Lipinski definition) is 4. The van der Waals surface area contributed by atoms with Crippen LogP contribution in [0.15, 0.2) is 115 Å². The van der Waals surface area contributed by atoms with Crippen LogP contribution in [0.4, 0.5) is 11.4 Å². The van der Waals surface area contributed by atoms with E-state index in [1.165, 1.54) is 0 Å². The van der Waals surface area contributed by atoms with Crippen LogP contribution in [0.1, 0.15) is 43.0 Å². The molecule has 0 radical (unpaired) electrons. The summed E-state index contributed by atoms with van der Waals surface area (Å²) in [6.45, 7) is 0.743. The van der Waals surface area contributed by atoms with Crippen molar-refractivity contribution in [2.75, 3.05) is 10.6 Å². The van der Waals surface area contributed by atoms with Gasteiger partial charge in [-0.3, -0.25) is 0 Å². The Morgan fingerprint density at radius 2 is 0.871 bits per heavy atom. The van der Waals surface area contributed by atoms with E-state index in [1.54, 1.807) is 36.4 Å². The van der Waals surface area contributed by atoms with Crippen LogP contribution in [0.2, 0.25) is 30.1 Å². The van der Waals surface area contributed by atoms with Crippen LogP contribution in [-0.2, 0) is 13.2 Å². The second-order valence-corrected chi connectivity index (χ2v) is 18.7. The molecule has 0 aromatic heterocycles. The average Bonchev–Trinajstić information content (AvgIpc) is 3.24. The van der Waals surface area contributed by atoms with E-state index < -0.39 is 11.9 Å². The fourth-order valence-electron chi connectivity index (χ4n) is 5.34. The summed E-state index contributed by atoms with van der Waals surface area (Å²) in [5, 5.41) is 25.3. The molecular weight excluding hydrogens is 1220 g/mol. The number of anilines is 2. The molecular formula is C42H24Br4Cl6N2O6S2. The van der Waals surface area contributed by atoms with Crippen LogP contribution < -0.4 is 20.1 Å². The van der Waals surface area contributed by atoms with Gasteiger partial charge in [0.2, 0.25) is 0 Å². The molecule has 0 saturated carbocycles. The Balaban J connectivity index is 0.000000234. The third kappa shape index (κ3) is 12.3. The summed E-state index contributed by atoms with van der Waals surface area (Å²) in [5.41, 5.74) is 3.04. The van der Waals surface area contributed by atoms with Crippen molar-refractivity contribution in [2.24, 2.45) is 0 Å². The average molecular weight is 1250 g/mol. The number of hydrogen-bond acceptors (Lipinski definition) is 6. The third-order valence-corrected chi connectivity index (χ3v) is 16.0. The number of aromatic carboxylic acids is 2. The van der Waals surface area contributed by atoms with E-state index in [4.69, 9.17) is 104 Å². The number of nitrogens with one attached hydrogen (secondary N) is 2. The summed E-state index contributed by atoms with van der Waals surface area (Å²) in [7, 11) is 0. The van der Waals surface area contributed by atoms with E-state index >= 15 is 0 Å². The van der Waals surface area contributed by atoms with Gasteiger partial charge in [0.25, 0.3) is 0 Å². The highest BCUT2D eigenvalue weighted by Crippen LogP contribution is 2.44. The molecule has 0 saturated heterocycles. The van der Waals surface area contributed by atoms with Gasteiger partial charge in [-0.2, -0.15) is 0 Å². The van der Waals surface area contributed by atoms with Crippen LogP contribution >= 0.6 is 158 Å². The molecule has 4 N–H and O–H groups in total. The number of rotatable bonds is 12. The van der Waals surface area contributed by atoms with Crippen molar-refractivity contribution in [3.63, 3.8) is 0 Å².